The second-order valence-corrected chi connectivity index (χ2v) is 3.62. The maximum Gasteiger partial charge on any atom is 0.328 e. The highest BCUT2D eigenvalue weighted by molar-refractivity contribution is 5.81. The molecule has 0 heterocycles. The Morgan fingerprint density at radius 1 is 1.50 bits per heavy atom. The fourth-order valence-electron chi connectivity index (χ4n) is 1.36. The minimum Gasteiger partial charge on any atom is -0.508 e. The number of hydrogen-bond acceptors (Lipinski definition) is 4. The normalized spacial score (nSPS) is 14.2. The molecule has 1 unspecified atom stereocenters. The summed E-state index contributed by atoms with van der Waals surface area (Å²) in [7, 11) is 1.16. The molecule has 1 rings (SSSR count). The number of methoxy groups -OCH3 is 1. The maximum atomic E-state index is 12.8. The van der Waals surface area contributed by atoms with Gasteiger partial charge in [0.2, 0.25) is 0 Å². The number of benzene rings is 1. The summed E-state index contributed by atoms with van der Waals surface area (Å²) in [5.41, 5.74) is 4.60. The van der Waals surface area contributed by atoms with Gasteiger partial charge in [-0.15, -0.1) is 0 Å². The number of rotatable bonds is 4. The first kappa shape index (κ1) is 12.4. The van der Waals surface area contributed by atoms with Gasteiger partial charge in [0.25, 0.3) is 0 Å². The molecule has 0 spiro atoms. The molecule has 1 atom stereocenters. The smallest absolute Gasteiger partial charge is 0.328 e. The Hall–Kier alpha value is -1.62. The number of halogens is 1. The van der Waals surface area contributed by atoms with E-state index in [1.807, 2.05) is 0 Å². The molecule has 3 N–H and O–H groups in total. The number of phenolic OH excluding ortho intramolecular Hbond substituents is 1. The van der Waals surface area contributed by atoms with Crippen molar-refractivity contribution >= 4 is 5.97 Å². The molecule has 0 radical (unpaired) electrons. The molecule has 16 heavy (non-hydrogen) atoms. The van der Waals surface area contributed by atoms with Gasteiger partial charge < -0.3 is 15.6 Å². The molecular weight excluding hydrogens is 213 g/mol. The Labute approximate surface area is 92.8 Å². The van der Waals surface area contributed by atoms with E-state index in [9.17, 15) is 9.18 Å². The van der Waals surface area contributed by atoms with Crippen LogP contribution < -0.4 is 5.73 Å². The third-order valence-corrected chi connectivity index (χ3v) is 2.29. The van der Waals surface area contributed by atoms with Crippen molar-refractivity contribution in [2.45, 2.75) is 12.0 Å². The van der Waals surface area contributed by atoms with E-state index in [-0.39, 0.29) is 12.2 Å². The van der Waals surface area contributed by atoms with Gasteiger partial charge in [-0.25, -0.2) is 9.18 Å². The SMILES string of the molecule is COC(=O)C(N)(CF)Cc1ccc(O)cc1. The lowest BCUT2D eigenvalue weighted by molar-refractivity contribution is -0.147. The van der Waals surface area contributed by atoms with Gasteiger partial charge in [-0.2, -0.15) is 0 Å². The monoisotopic (exact) mass is 227 g/mol. The quantitative estimate of drug-likeness (QED) is 0.745. The number of carbonyl (C=O) groups is 1. The third-order valence-electron chi connectivity index (χ3n) is 2.29. The number of nitrogens with two attached hydrogens (primary N) is 1. The molecule has 5 heteroatoms. The summed E-state index contributed by atoms with van der Waals surface area (Å²) in [6.07, 6.45) is 0.0243. The Balaban J connectivity index is 2.84. The third kappa shape index (κ3) is 2.70. The fraction of sp³-hybridized carbons (Fsp3) is 0.364. The van der Waals surface area contributed by atoms with Crippen molar-refractivity contribution in [2.75, 3.05) is 13.8 Å². The van der Waals surface area contributed by atoms with Gasteiger partial charge in [0.1, 0.15) is 18.0 Å². The van der Waals surface area contributed by atoms with E-state index in [1.165, 1.54) is 12.1 Å². The van der Waals surface area contributed by atoms with Gasteiger partial charge in [-0.1, -0.05) is 12.1 Å². The summed E-state index contributed by atoms with van der Waals surface area (Å²) in [4.78, 5) is 11.3. The van der Waals surface area contributed by atoms with Crippen molar-refractivity contribution in [3.63, 3.8) is 0 Å². The minimum atomic E-state index is -1.66. The molecule has 0 aromatic heterocycles. The van der Waals surface area contributed by atoms with E-state index in [0.29, 0.717) is 5.56 Å². The van der Waals surface area contributed by atoms with E-state index in [2.05, 4.69) is 4.74 Å². The highest BCUT2D eigenvalue weighted by Gasteiger charge is 2.35. The standard InChI is InChI=1S/C11H14FNO3/c1-16-10(15)11(13,7-12)6-8-2-4-9(14)5-3-8/h2-5,14H,6-7,13H2,1H3. The molecule has 0 aliphatic rings. The average Bonchev–Trinajstić information content (AvgIpc) is 2.31. The van der Waals surface area contributed by atoms with Gasteiger partial charge in [-0.05, 0) is 17.7 Å². The molecule has 0 saturated carbocycles. The molecule has 1 aromatic rings. The number of hydrogen-bond donors (Lipinski definition) is 2. The Bertz CT molecular complexity index is 366. The molecule has 0 saturated heterocycles. The van der Waals surface area contributed by atoms with Crippen LogP contribution in [-0.4, -0.2) is 30.4 Å². The molecule has 88 valence electrons. The zero-order chi connectivity index (χ0) is 12.2. The summed E-state index contributed by atoms with van der Waals surface area (Å²) in [6, 6.07) is 6.06. The van der Waals surface area contributed by atoms with Gasteiger partial charge in [-0.3, -0.25) is 0 Å². The predicted molar refractivity (Wildman–Crippen MR) is 56.7 cm³/mol. The van der Waals surface area contributed by atoms with Crippen LogP contribution in [0.2, 0.25) is 0 Å². The van der Waals surface area contributed by atoms with Gasteiger partial charge in [0.05, 0.1) is 7.11 Å². The van der Waals surface area contributed by atoms with Crippen LogP contribution in [0.1, 0.15) is 5.56 Å². The predicted octanol–water partition coefficient (Wildman–Crippen LogP) is 0.775. The van der Waals surface area contributed by atoms with Crippen LogP contribution in [0.4, 0.5) is 4.39 Å². The van der Waals surface area contributed by atoms with Crippen molar-refractivity contribution in [3.05, 3.63) is 29.8 Å². The van der Waals surface area contributed by atoms with Crippen LogP contribution in [0.5, 0.6) is 5.75 Å². The van der Waals surface area contributed by atoms with Gasteiger partial charge in [0, 0.05) is 6.42 Å². The van der Waals surface area contributed by atoms with Gasteiger partial charge in [0.15, 0.2) is 0 Å². The Morgan fingerprint density at radius 2 is 2.06 bits per heavy atom. The first-order chi connectivity index (χ1) is 7.51. The van der Waals surface area contributed by atoms with Crippen molar-refractivity contribution in [3.8, 4) is 5.75 Å². The van der Waals surface area contributed by atoms with Crippen LogP contribution >= 0.6 is 0 Å². The summed E-state index contributed by atoms with van der Waals surface area (Å²) in [5, 5.41) is 9.07. The first-order valence-electron chi connectivity index (χ1n) is 4.73. The molecule has 0 amide bonds. The van der Waals surface area contributed by atoms with Gasteiger partial charge >= 0.3 is 5.97 Å². The molecule has 0 aliphatic heterocycles. The average molecular weight is 227 g/mol. The zero-order valence-corrected chi connectivity index (χ0v) is 8.94. The highest BCUT2D eigenvalue weighted by Crippen LogP contribution is 2.16. The number of phenols is 1. The van der Waals surface area contributed by atoms with E-state index in [1.54, 1.807) is 12.1 Å². The number of ether oxygens (including phenoxy) is 1. The van der Waals surface area contributed by atoms with E-state index in [4.69, 9.17) is 10.8 Å². The second-order valence-electron chi connectivity index (χ2n) is 3.62. The molecule has 4 nitrogen and oxygen atoms in total. The molecule has 0 fully saturated rings. The van der Waals surface area contributed by atoms with Crippen molar-refractivity contribution in [1.29, 1.82) is 0 Å². The largest absolute Gasteiger partial charge is 0.508 e. The van der Waals surface area contributed by atoms with E-state index < -0.39 is 18.2 Å². The molecule has 0 bridgehead atoms. The number of esters is 1. The lowest BCUT2D eigenvalue weighted by Crippen LogP contribution is -2.52. The summed E-state index contributed by atoms with van der Waals surface area (Å²) < 4.78 is 17.2. The van der Waals surface area contributed by atoms with Crippen LogP contribution in [0, 0.1) is 0 Å². The van der Waals surface area contributed by atoms with Crippen molar-refractivity contribution in [1.82, 2.24) is 0 Å². The van der Waals surface area contributed by atoms with E-state index in [0.717, 1.165) is 7.11 Å². The number of carbonyl (C=O) groups excluding carboxylic acids is 1. The summed E-state index contributed by atoms with van der Waals surface area (Å²) in [5.74, 6) is -0.687. The number of alkyl halides is 1. The first-order valence-corrected chi connectivity index (χ1v) is 4.73. The molecule has 1 aromatic carbocycles. The van der Waals surface area contributed by atoms with Crippen molar-refractivity contribution in [2.24, 2.45) is 5.73 Å². The number of aromatic hydroxyl groups is 1. The fourth-order valence-corrected chi connectivity index (χ4v) is 1.36. The summed E-state index contributed by atoms with van der Waals surface area (Å²) in [6.45, 7) is -0.999. The van der Waals surface area contributed by atoms with Crippen LogP contribution in [-0.2, 0) is 16.0 Å². The van der Waals surface area contributed by atoms with Crippen molar-refractivity contribution < 1.29 is 19.0 Å². The lowest BCUT2D eigenvalue weighted by atomic mass is 9.93. The molecular formula is C11H14FNO3. The molecule has 0 aliphatic carbocycles. The second kappa shape index (κ2) is 4.94. The van der Waals surface area contributed by atoms with Crippen LogP contribution in [0.3, 0.4) is 0 Å². The van der Waals surface area contributed by atoms with Crippen LogP contribution in [0.25, 0.3) is 0 Å². The topological polar surface area (TPSA) is 72.5 Å². The summed E-state index contributed by atoms with van der Waals surface area (Å²) >= 11 is 0. The van der Waals surface area contributed by atoms with E-state index >= 15 is 0 Å². The maximum absolute atomic E-state index is 12.8. The Morgan fingerprint density at radius 3 is 2.50 bits per heavy atom. The van der Waals surface area contributed by atoms with Crippen LogP contribution in [0.15, 0.2) is 24.3 Å². The minimum absolute atomic E-state index is 0.0243. The highest BCUT2D eigenvalue weighted by atomic mass is 19.1. The Kier molecular flexibility index (Phi) is 3.84. The zero-order valence-electron chi connectivity index (χ0n) is 8.94. The lowest BCUT2D eigenvalue weighted by Gasteiger charge is -2.22.